The molecule has 6 heterocycles. The van der Waals surface area contributed by atoms with E-state index in [0.29, 0.717) is 53.3 Å². The van der Waals surface area contributed by atoms with Crippen LogP contribution in [0.3, 0.4) is 0 Å². The first-order valence-electron chi connectivity index (χ1n) is 20.2. The highest BCUT2D eigenvalue weighted by Crippen LogP contribution is 2.60. The third-order valence-electron chi connectivity index (χ3n) is 15.6. The number of methoxy groups -OCH3 is 1. The Hall–Kier alpha value is -1.14. The van der Waals surface area contributed by atoms with Crippen LogP contribution < -0.4 is 0 Å². The van der Waals surface area contributed by atoms with Crippen LogP contribution in [0.1, 0.15) is 93.9 Å². The molecule has 3 saturated carbocycles. The molecule has 9 heteroatoms. The van der Waals surface area contributed by atoms with E-state index >= 15 is 0 Å². The van der Waals surface area contributed by atoms with Crippen molar-refractivity contribution in [3.05, 3.63) is 36.5 Å². The van der Waals surface area contributed by atoms with Crippen molar-refractivity contribution in [1.82, 2.24) is 0 Å². The zero-order chi connectivity index (χ0) is 35.7. The number of fused-ring (bicyclic) bond motifs is 11. The summed E-state index contributed by atoms with van der Waals surface area (Å²) >= 11 is 0. The van der Waals surface area contributed by atoms with Crippen LogP contribution in [0.15, 0.2) is 36.5 Å². The molecule has 6 aliphatic heterocycles. The van der Waals surface area contributed by atoms with Crippen molar-refractivity contribution < 1.29 is 42.6 Å². The van der Waals surface area contributed by atoms with Gasteiger partial charge in [0.15, 0.2) is 0 Å². The third kappa shape index (κ3) is 5.33. The maximum absolute atomic E-state index is 6.23. The first-order valence-corrected chi connectivity index (χ1v) is 20.2. The van der Waals surface area contributed by atoms with Gasteiger partial charge >= 0.3 is 0 Å². The zero-order valence-electron chi connectivity index (χ0n) is 32.2. The maximum Gasteiger partial charge on any atom is 0.287 e. The van der Waals surface area contributed by atoms with Crippen LogP contribution >= 0.6 is 0 Å². The van der Waals surface area contributed by atoms with E-state index in [-0.39, 0.29) is 47.6 Å². The summed E-state index contributed by atoms with van der Waals surface area (Å²) < 4.78 is 54.4. The summed E-state index contributed by atoms with van der Waals surface area (Å²) in [6.07, 6.45) is 22.0. The van der Waals surface area contributed by atoms with Gasteiger partial charge in [-0.15, -0.1) is 0 Å². The molecule has 0 aromatic rings. The fourth-order valence-corrected chi connectivity index (χ4v) is 11.5. The Morgan fingerprint density at radius 2 is 0.941 bits per heavy atom. The molecule has 0 spiro atoms. The smallest absolute Gasteiger partial charge is 0.287 e. The summed E-state index contributed by atoms with van der Waals surface area (Å²) in [5.74, 6) is 2.69. The summed E-state index contributed by atoms with van der Waals surface area (Å²) in [7, 11) is 1.69. The van der Waals surface area contributed by atoms with Crippen molar-refractivity contribution in [3.8, 4) is 0 Å². The number of hydrogen-bond donors (Lipinski definition) is 0. The van der Waals surface area contributed by atoms with Gasteiger partial charge in [0.05, 0.1) is 43.2 Å². The second-order valence-corrected chi connectivity index (χ2v) is 18.4. The van der Waals surface area contributed by atoms with Gasteiger partial charge < -0.3 is 42.6 Å². The quantitative estimate of drug-likeness (QED) is 0.276. The maximum atomic E-state index is 6.23. The molecule has 6 saturated heterocycles. The summed E-state index contributed by atoms with van der Waals surface area (Å²) in [6.45, 7) is 17.7. The van der Waals surface area contributed by atoms with Gasteiger partial charge in [0, 0.05) is 30.3 Å². The van der Waals surface area contributed by atoms with E-state index in [9.17, 15) is 0 Å². The van der Waals surface area contributed by atoms with Crippen LogP contribution in [0.5, 0.6) is 0 Å². The lowest BCUT2D eigenvalue weighted by molar-refractivity contribution is -0.519. The second kappa shape index (κ2) is 12.2. The van der Waals surface area contributed by atoms with Gasteiger partial charge in [-0.25, -0.2) is 0 Å². The van der Waals surface area contributed by atoms with E-state index in [2.05, 4.69) is 91.8 Å². The Balaban J connectivity index is 0.000000103. The monoisotopic (exact) mass is 710 g/mol. The molecule has 6 aliphatic carbocycles. The highest BCUT2D eigenvalue weighted by molar-refractivity contribution is 5.16. The lowest BCUT2D eigenvalue weighted by Crippen LogP contribution is -2.68. The Morgan fingerprint density at radius 1 is 0.510 bits per heavy atom. The lowest BCUT2D eigenvalue weighted by Gasteiger charge is -2.59. The average Bonchev–Trinajstić information content (AvgIpc) is 3.97. The van der Waals surface area contributed by atoms with E-state index in [1.165, 1.54) is 19.3 Å². The van der Waals surface area contributed by atoms with Crippen LogP contribution in [0.4, 0.5) is 0 Å². The van der Waals surface area contributed by atoms with E-state index in [0.717, 1.165) is 25.9 Å². The number of rotatable bonds is 4. The standard InChI is InChI=1S/C15H22O3.C14H20O3.C13H20O3/c1-9-14(3)8-16-15(17-9,18-10(14)2)13-7-11-4-5-12(13)6-11;1-8-13(3)9(2)16-14(15-8,17-13)12-7-10-4-5-11(12)6-10;1-8-9(2)16-13(14-3,15-8)12-7-10-4-5-11(12)6-10/h4-5,9-13H,6-8H2,1-3H3;4-5,8-12H,6-7H2,1-3H3;4-5,8-12H,6-7H2,1-3H3. The van der Waals surface area contributed by atoms with Crippen LogP contribution in [0, 0.1) is 58.7 Å². The molecular formula is C42H62O9. The van der Waals surface area contributed by atoms with Crippen LogP contribution in [0.2, 0.25) is 0 Å². The largest absolute Gasteiger partial charge is 0.331 e. The number of allylic oxidation sites excluding steroid dienone is 6. The van der Waals surface area contributed by atoms with Crippen molar-refractivity contribution in [2.75, 3.05) is 13.7 Å². The Labute approximate surface area is 305 Å². The molecule has 15 atom stereocenters. The molecule has 0 aromatic carbocycles. The topological polar surface area (TPSA) is 83.1 Å². The molecule has 9 fully saturated rings. The molecule has 12 aliphatic rings. The molecule has 284 valence electrons. The minimum Gasteiger partial charge on any atom is -0.331 e. The van der Waals surface area contributed by atoms with Gasteiger partial charge in [-0.1, -0.05) is 43.4 Å². The number of hydrogen-bond acceptors (Lipinski definition) is 9. The predicted octanol–water partition coefficient (Wildman–Crippen LogP) is 7.50. The van der Waals surface area contributed by atoms with E-state index < -0.39 is 17.9 Å². The van der Waals surface area contributed by atoms with E-state index in [1.54, 1.807) is 7.11 Å². The highest BCUT2D eigenvalue weighted by atomic mass is 16.9. The van der Waals surface area contributed by atoms with E-state index in [1.807, 2.05) is 0 Å². The Morgan fingerprint density at radius 3 is 1.31 bits per heavy atom. The molecule has 0 N–H and O–H groups in total. The molecule has 0 amide bonds. The van der Waals surface area contributed by atoms with Crippen molar-refractivity contribution >= 4 is 0 Å². The van der Waals surface area contributed by atoms with Crippen LogP contribution in [-0.4, -0.2) is 73.9 Å². The van der Waals surface area contributed by atoms with Gasteiger partial charge in [-0.3, -0.25) is 0 Å². The Bertz CT molecular complexity index is 1400. The molecular weight excluding hydrogens is 648 g/mol. The SMILES string of the molecule is CC1OC2(C3CC4C=CC3C4)OC(C)C1(C)O2.CC1OC2(C3CC4C=CC3C4)OCC1(C)C(C)O2.COC1(C2CC3C=CC2C3)OC(C)C(C)O1. The molecule has 0 aromatic heterocycles. The molecule has 9 nitrogen and oxygen atoms in total. The zero-order valence-corrected chi connectivity index (χ0v) is 32.2. The van der Waals surface area contributed by atoms with Crippen molar-refractivity contribution in [1.29, 1.82) is 0 Å². The van der Waals surface area contributed by atoms with E-state index in [4.69, 9.17) is 42.6 Å². The lowest BCUT2D eigenvalue weighted by atomic mass is 9.76. The summed E-state index contributed by atoms with van der Waals surface area (Å²) in [6, 6.07) is 0. The first kappa shape index (κ1) is 35.6. The van der Waals surface area contributed by atoms with Gasteiger partial charge in [0.2, 0.25) is 0 Å². The minimum absolute atomic E-state index is 0.00475. The van der Waals surface area contributed by atoms with Gasteiger partial charge in [-0.2, -0.15) is 0 Å². The van der Waals surface area contributed by atoms with Gasteiger partial charge in [0.25, 0.3) is 17.9 Å². The summed E-state index contributed by atoms with van der Waals surface area (Å²) in [4.78, 5) is 0. The fraction of sp³-hybridized carbons (Fsp3) is 0.857. The van der Waals surface area contributed by atoms with Crippen molar-refractivity contribution in [2.45, 2.75) is 154 Å². The highest BCUT2D eigenvalue weighted by Gasteiger charge is 2.69. The summed E-state index contributed by atoms with van der Waals surface area (Å²) in [5.41, 5.74) is -0.277. The predicted molar refractivity (Wildman–Crippen MR) is 189 cm³/mol. The first-order chi connectivity index (χ1) is 24.2. The van der Waals surface area contributed by atoms with Crippen molar-refractivity contribution in [2.24, 2.45) is 58.7 Å². The molecule has 15 unspecified atom stereocenters. The molecule has 0 radical (unpaired) electrons. The molecule has 10 bridgehead atoms. The number of ether oxygens (including phenoxy) is 9. The average molecular weight is 711 g/mol. The molecule has 51 heavy (non-hydrogen) atoms. The normalized spacial score (nSPS) is 60.3. The Kier molecular flexibility index (Phi) is 8.49. The van der Waals surface area contributed by atoms with Crippen LogP contribution in [-0.2, 0) is 42.6 Å². The van der Waals surface area contributed by atoms with Gasteiger partial charge in [0.1, 0.15) is 5.60 Å². The minimum atomic E-state index is -0.789. The van der Waals surface area contributed by atoms with Crippen molar-refractivity contribution in [3.63, 3.8) is 0 Å². The van der Waals surface area contributed by atoms with Gasteiger partial charge in [-0.05, 0) is 122 Å². The molecule has 12 rings (SSSR count). The third-order valence-corrected chi connectivity index (χ3v) is 15.6. The van der Waals surface area contributed by atoms with Crippen LogP contribution in [0.25, 0.3) is 0 Å². The summed E-state index contributed by atoms with van der Waals surface area (Å²) in [5, 5.41) is 0. The second-order valence-electron chi connectivity index (χ2n) is 18.4. The fourth-order valence-electron chi connectivity index (χ4n) is 11.5.